The molecule has 1 amide bonds. The molecule has 1 N–H and O–H groups in total. The first kappa shape index (κ1) is 16.3. The molecule has 23 heavy (non-hydrogen) atoms. The molecule has 2 fully saturated rings. The van der Waals surface area contributed by atoms with Crippen molar-refractivity contribution < 1.29 is 23.8 Å². The highest BCUT2D eigenvalue weighted by atomic mass is 32.1. The number of hydrogen-bond donors (Lipinski definition) is 2. The third-order valence-electron chi connectivity index (χ3n) is 3.98. The molecule has 1 aromatic rings. The number of fused-ring (bicyclic) bond motifs is 2. The van der Waals surface area contributed by atoms with E-state index in [0.717, 1.165) is 0 Å². The van der Waals surface area contributed by atoms with Crippen LogP contribution in [0.3, 0.4) is 0 Å². The minimum absolute atomic E-state index is 0.171. The Labute approximate surface area is 139 Å². The molecular weight excluding hydrogens is 318 g/mol. The SMILES string of the molecule is CC(=O)N[C@H]1[C@@H]2OCC[C@@H](O2)[C@@H](S)[C@@H]1OC(=O)c1ccccc1. The maximum atomic E-state index is 12.4. The van der Waals surface area contributed by atoms with Crippen LogP contribution in [-0.4, -0.2) is 48.3 Å². The summed E-state index contributed by atoms with van der Waals surface area (Å²) in [5.41, 5.74) is 0.451. The summed E-state index contributed by atoms with van der Waals surface area (Å²) in [4.78, 5) is 23.9. The molecule has 124 valence electrons. The van der Waals surface area contributed by atoms with Gasteiger partial charge in [0.1, 0.15) is 12.1 Å². The second-order valence-electron chi connectivity index (χ2n) is 5.66. The summed E-state index contributed by atoms with van der Waals surface area (Å²) in [5, 5.41) is 2.43. The second kappa shape index (κ2) is 6.90. The van der Waals surface area contributed by atoms with Crippen LogP contribution in [0.4, 0.5) is 0 Å². The lowest BCUT2D eigenvalue weighted by Gasteiger charge is -2.47. The third-order valence-corrected chi connectivity index (χ3v) is 4.61. The molecule has 0 radical (unpaired) electrons. The van der Waals surface area contributed by atoms with Gasteiger partial charge in [0.05, 0.1) is 23.5 Å². The number of amides is 1. The molecule has 2 aliphatic rings. The van der Waals surface area contributed by atoms with Gasteiger partial charge in [-0.05, 0) is 18.6 Å². The van der Waals surface area contributed by atoms with Gasteiger partial charge in [-0.2, -0.15) is 12.6 Å². The summed E-state index contributed by atoms with van der Waals surface area (Å²) >= 11 is 4.57. The Morgan fingerprint density at radius 3 is 2.74 bits per heavy atom. The van der Waals surface area contributed by atoms with Crippen LogP contribution < -0.4 is 5.32 Å². The topological polar surface area (TPSA) is 73.9 Å². The quantitative estimate of drug-likeness (QED) is 0.640. The summed E-state index contributed by atoms with van der Waals surface area (Å²) in [6.07, 6.45) is -0.749. The second-order valence-corrected chi connectivity index (χ2v) is 6.25. The normalized spacial score (nSPS) is 32.9. The molecule has 0 spiro atoms. The average molecular weight is 337 g/mol. The molecule has 2 aliphatic heterocycles. The van der Waals surface area contributed by atoms with Crippen LogP contribution in [-0.2, 0) is 19.0 Å². The highest BCUT2D eigenvalue weighted by Crippen LogP contribution is 2.33. The number of thiol groups is 1. The minimum Gasteiger partial charge on any atom is -0.455 e. The summed E-state index contributed by atoms with van der Waals surface area (Å²) in [6.45, 7) is 1.93. The van der Waals surface area contributed by atoms with Crippen molar-refractivity contribution in [3.05, 3.63) is 35.9 Å². The lowest BCUT2D eigenvalue weighted by molar-refractivity contribution is -0.261. The van der Waals surface area contributed by atoms with Gasteiger partial charge in [-0.25, -0.2) is 4.79 Å². The highest BCUT2D eigenvalue weighted by molar-refractivity contribution is 7.81. The zero-order chi connectivity index (χ0) is 16.4. The standard InChI is InChI=1S/C16H19NO5S/c1-9(18)17-12-13(14(23)11-7-8-20-16(12)21-11)22-15(19)10-5-3-2-4-6-10/h2-6,11-14,16,23H,7-8H2,1H3,(H,17,18)/t11-,12-,13-,14-,16-/m1/s1. The zero-order valence-electron chi connectivity index (χ0n) is 12.7. The fourth-order valence-corrected chi connectivity index (χ4v) is 3.36. The molecule has 1 aromatic carbocycles. The van der Waals surface area contributed by atoms with E-state index >= 15 is 0 Å². The average Bonchev–Trinajstić information content (AvgIpc) is 2.57. The van der Waals surface area contributed by atoms with Gasteiger partial charge >= 0.3 is 5.97 Å². The van der Waals surface area contributed by atoms with E-state index in [-0.39, 0.29) is 17.3 Å². The Balaban J connectivity index is 1.80. The number of hydrogen-bond acceptors (Lipinski definition) is 6. The Hall–Kier alpha value is -1.57. The summed E-state index contributed by atoms with van der Waals surface area (Å²) in [7, 11) is 0. The van der Waals surface area contributed by atoms with E-state index < -0.39 is 24.4 Å². The van der Waals surface area contributed by atoms with E-state index in [1.54, 1.807) is 24.3 Å². The molecule has 0 unspecified atom stereocenters. The van der Waals surface area contributed by atoms with E-state index in [1.807, 2.05) is 6.07 Å². The van der Waals surface area contributed by atoms with Crippen LogP contribution in [0.25, 0.3) is 0 Å². The van der Waals surface area contributed by atoms with Gasteiger partial charge in [0.2, 0.25) is 5.91 Å². The Kier molecular flexibility index (Phi) is 4.89. The molecule has 2 bridgehead atoms. The fraction of sp³-hybridized carbons (Fsp3) is 0.500. The fourth-order valence-electron chi connectivity index (χ4n) is 2.89. The number of carbonyl (C=O) groups excluding carboxylic acids is 2. The first-order valence-electron chi connectivity index (χ1n) is 7.54. The summed E-state index contributed by atoms with van der Waals surface area (Å²) in [5.74, 6) is -0.697. The van der Waals surface area contributed by atoms with Crippen LogP contribution in [0, 0.1) is 0 Å². The molecule has 0 saturated carbocycles. The molecular formula is C16H19NO5S. The van der Waals surface area contributed by atoms with Gasteiger partial charge < -0.3 is 19.5 Å². The molecule has 2 saturated heterocycles. The minimum atomic E-state index is -0.630. The molecule has 6 nitrogen and oxygen atoms in total. The maximum Gasteiger partial charge on any atom is 0.338 e. The van der Waals surface area contributed by atoms with Crippen molar-refractivity contribution in [3.63, 3.8) is 0 Å². The molecule has 0 aliphatic carbocycles. The van der Waals surface area contributed by atoms with Crippen molar-refractivity contribution in [1.29, 1.82) is 0 Å². The van der Waals surface area contributed by atoms with Crippen molar-refractivity contribution in [1.82, 2.24) is 5.32 Å². The lowest BCUT2D eigenvalue weighted by atomic mass is 9.95. The summed E-state index contributed by atoms with van der Waals surface area (Å²) < 4.78 is 17.0. The number of nitrogens with one attached hydrogen (secondary N) is 1. The van der Waals surface area contributed by atoms with Gasteiger partial charge in [0.25, 0.3) is 0 Å². The van der Waals surface area contributed by atoms with Crippen LogP contribution in [0.5, 0.6) is 0 Å². The van der Waals surface area contributed by atoms with E-state index in [4.69, 9.17) is 14.2 Å². The third kappa shape index (κ3) is 3.52. The van der Waals surface area contributed by atoms with Crippen molar-refractivity contribution >= 4 is 24.5 Å². The van der Waals surface area contributed by atoms with Crippen LogP contribution in [0.1, 0.15) is 23.7 Å². The van der Waals surface area contributed by atoms with E-state index in [0.29, 0.717) is 18.6 Å². The first-order chi connectivity index (χ1) is 11.1. The van der Waals surface area contributed by atoms with E-state index in [2.05, 4.69) is 17.9 Å². The van der Waals surface area contributed by atoms with Crippen molar-refractivity contribution in [2.24, 2.45) is 0 Å². The Morgan fingerprint density at radius 2 is 2.04 bits per heavy atom. The number of esters is 1. The number of benzene rings is 1. The first-order valence-corrected chi connectivity index (χ1v) is 8.06. The molecule has 0 aromatic heterocycles. The van der Waals surface area contributed by atoms with E-state index in [9.17, 15) is 9.59 Å². The number of rotatable bonds is 3. The molecule has 7 heteroatoms. The molecule has 5 atom stereocenters. The van der Waals surface area contributed by atoms with Gasteiger partial charge in [-0.3, -0.25) is 4.79 Å². The number of carbonyl (C=O) groups is 2. The van der Waals surface area contributed by atoms with Gasteiger partial charge in [-0.15, -0.1) is 0 Å². The van der Waals surface area contributed by atoms with Crippen LogP contribution >= 0.6 is 12.6 Å². The largest absolute Gasteiger partial charge is 0.455 e. The zero-order valence-corrected chi connectivity index (χ0v) is 13.6. The van der Waals surface area contributed by atoms with Crippen LogP contribution in [0.15, 0.2) is 30.3 Å². The predicted octanol–water partition coefficient (Wildman–Crippen LogP) is 1.16. The van der Waals surface area contributed by atoms with Gasteiger partial charge in [0.15, 0.2) is 6.29 Å². The maximum absolute atomic E-state index is 12.4. The van der Waals surface area contributed by atoms with Crippen molar-refractivity contribution in [2.75, 3.05) is 6.61 Å². The number of ether oxygens (including phenoxy) is 3. The Morgan fingerprint density at radius 1 is 1.30 bits per heavy atom. The smallest absolute Gasteiger partial charge is 0.338 e. The highest BCUT2D eigenvalue weighted by Gasteiger charge is 2.49. The van der Waals surface area contributed by atoms with Crippen LogP contribution in [0.2, 0.25) is 0 Å². The monoisotopic (exact) mass is 337 g/mol. The Bertz CT molecular complexity index is 581. The van der Waals surface area contributed by atoms with Crippen molar-refractivity contribution in [3.8, 4) is 0 Å². The molecule has 2 heterocycles. The van der Waals surface area contributed by atoms with Crippen molar-refractivity contribution in [2.45, 2.75) is 43.1 Å². The summed E-state index contributed by atoms with van der Waals surface area (Å²) in [6, 6.07) is 8.13. The van der Waals surface area contributed by atoms with E-state index in [1.165, 1.54) is 6.92 Å². The predicted molar refractivity (Wildman–Crippen MR) is 85.3 cm³/mol. The molecule has 3 rings (SSSR count). The lowest BCUT2D eigenvalue weighted by Crippen LogP contribution is -2.65. The van der Waals surface area contributed by atoms with Gasteiger partial charge in [0, 0.05) is 6.92 Å². The van der Waals surface area contributed by atoms with Gasteiger partial charge in [-0.1, -0.05) is 18.2 Å².